The van der Waals surface area contributed by atoms with E-state index in [0.29, 0.717) is 16.3 Å². The lowest BCUT2D eigenvalue weighted by molar-refractivity contribution is -0.119. The Morgan fingerprint density at radius 2 is 1.93 bits per heavy atom. The van der Waals surface area contributed by atoms with Gasteiger partial charge in [-0.15, -0.1) is 11.8 Å². The summed E-state index contributed by atoms with van der Waals surface area (Å²) in [6.45, 7) is 6.51. The fraction of sp³-hybridized carbons (Fsp3) is 0.435. The molecule has 2 aromatic rings. The van der Waals surface area contributed by atoms with Gasteiger partial charge < -0.3 is 10.2 Å². The van der Waals surface area contributed by atoms with E-state index in [1.54, 1.807) is 12.1 Å². The number of hydrogen-bond donors (Lipinski definition) is 1. The van der Waals surface area contributed by atoms with Crippen LogP contribution in [0.2, 0.25) is 5.02 Å². The summed E-state index contributed by atoms with van der Waals surface area (Å²) in [4.78, 5) is 14.7. The number of carbonyl (C=O) groups is 1. The first-order valence-electron chi connectivity index (χ1n) is 10.1. The standard InChI is InChI=1S/C23H28ClFN2OS/c1-16-10-12-27(13-11-16)19-8-6-18(7-9-19)17(2)26-23(28)15-29-14-20-21(24)4-3-5-22(20)25/h3-9,16-17H,10-15H2,1-2H3,(H,26,28)/t17-/m1/s1. The molecule has 0 aromatic heterocycles. The minimum absolute atomic E-state index is 0.0657. The van der Waals surface area contributed by atoms with E-state index in [1.807, 2.05) is 6.92 Å². The number of rotatable bonds is 7. The Labute approximate surface area is 182 Å². The molecule has 1 N–H and O–H groups in total. The van der Waals surface area contributed by atoms with Crippen LogP contribution in [0.1, 0.15) is 43.9 Å². The van der Waals surface area contributed by atoms with Crippen LogP contribution in [-0.4, -0.2) is 24.7 Å². The summed E-state index contributed by atoms with van der Waals surface area (Å²) in [6, 6.07) is 13.0. The number of nitrogens with one attached hydrogen (secondary N) is 1. The second-order valence-electron chi connectivity index (χ2n) is 7.74. The highest BCUT2D eigenvalue weighted by molar-refractivity contribution is 7.99. The van der Waals surface area contributed by atoms with Crippen molar-refractivity contribution in [1.29, 1.82) is 0 Å². The molecule has 1 atom stereocenters. The molecular weight excluding hydrogens is 407 g/mol. The van der Waals surface area contributed by atoms with Crippen LogP contribution in [0.4, 0.5) is 10.1 Å². The molecule has 3 rings (SSSR count). The van der Waals surface area contributed by atoms with Gasteiger partial charge >= 0.3 is 0 Å². The van der Waals surface area contributed by atoms with E-state index in [-0.39, 0.29) is 23.5 Å². The van der Waals surface area contributed by atoms with E-state index < -0.39 is 0 Å². The molecule has 0 radical (unpaired) electrons. The Morgan fingerprint density at radius 1 is 1.24 bits per heavy atom. The maximum Gasteiger partial charge on any atom is 0.230 e. The van der Waals surface area contributed by atoms with Gasteiger partial charge in [0.15, 0.2) is 0 Å². The molecule has 6 heteroatoms. The molecule has 0 bridgehead atoms. The van der Waals surface area contributed by atoms with Crippen molar-refractivity contribution in [2.75, 3.05) is 23.7 Å². The zero-order valence-electron chi connectivity index (χ0n) is 17.0. The van der Waals surface area contributed by atoms with Gasteiger partial charge in [0.1, 0.15) is 5.82 Å². The van der Waals surface area contributed by atoms with E-state index in [1.165, 1.54) is 36.4 Å². The Morgan fingerprint density at radius 3 is 2.59 bits per heavy atom. The minimum atomic E-state index is -0.331. The topological polar surface area (TPSA) is 32.3 Å². The number of nitrogens with zero attached hydrogens (tertiary/aromatic N) is 1. The number of anilines is 1. The number of carbonyl (C=O) groups excluding carboxylic acids is 1. The van der Waals surface area contributed by atoms with Crippen LogP contribution < -0.4 is 10.2 Å². The van der Waals surface area contributed by atoms with Gasteiger partial charge in [0.05, 0.1) is 11.8 Å². The highest BCUT2D eigenvalue weighted by Gasteiger charge is 2.17. The second kappa shape index (κ2) is 10.4. The Bertz CT molecular complexity index is 802. The van der Waals surface area contributed by atoms with E-state index >= 15 is 0 Å². The number of amides is 1. The van der Waals surface area contributed by atoms with Gasteiger partial charge in [-0.3, -0.25) is 4.79 Å². The van der Waals surface area contributed by atoms with Crippen molar-refractivity contribution in [1.82, 2.24) is 5.32 Å². The van der Waals surface area contributed by atoms with Crippen molar-refractivity contribution in [3.63, 3.8) is 0 Å². The van der Waals surface area contributed by atoms with Crippen molar-refractivity contribution in [3.8, 4) is 0 Å². The molecule has 1 heterocycles. The number of halogens is 2. The second-order valence-corrected chi connectivity index (χ2v) is 9.14. The normalized spacial score (nSPS) is 15.9. The molecular formula is C23H28ClFN2OS. The molecule has 29 heavy (non-hydrogen) atoms. The summed E-state index contributed by atoms with van der Waals surface area (Å²) in [5.74, 6) is 1.05. The van der Waals surface area contributed by atoms with Crippen LogP contribution in [0, 0.1) is 11.7 Å². The largest absolute Gasteiger partial charge is 0.372 e. The maximum atomic E-state index is 13.8. The molecule has 1 saturated heterocycles. The third kappa shape index (κ3) is 6.13. The molecule has 0 saturated carbocycles. The number of hydrogen-bond acceptors (Lipinski definition) is 3. The van der Waals surface area contributed by atoms with Crippen LogP contribution in [0.15, 0.2) is 42.5 Å². The monoisotopic (exact) mass is 434 g/mol. The highest BCUT2D eigenvalue weighted by Crippen LogP contribution is 2.26. The zero-order valence-corrected chi connectivity index (χ0v) is 18.5. The van der Waals surface area contributed by atoms with Gasteiger partial charge in [0, 0.05) is 35.1 Å². The van der Waals surface area contributed by atoms with Crippen LogP contribution in [0.3, 0.4) is 0 Å². The molecule has 3 nitrogen and oxygen atoms in total. The van der Waals surface area contributed by atoms with Gasteiger partial charge in [-0.2, -0.15) is 0 Å². The Balaban J connectivity index is 1.47. The summed E-state index contributed by atoms with van der Waals surface area (Å²) in [6.07, 6.45) is 2.48. The van der Waals surface area contributed by atoms with E-state index in [4.69, 9.17) is 11.6 Å². The lowest BCUT2D eigenvalue weighted by atomic mass is 9.98. The molecule has 2 aromatic carbocycles. The predicted octanol–water partition coefficient (Wildman–Crippen LogP) is 5.83. The van der Waals surface area contributed by atoms with Crippen molar-refractivity contribution in [2.24, 2.45) is 5.92 Å². The highest BCUT2D eigenvalue weighted by atomic mass is 35.5. The third-order valence-corrected chi connectivity index (χ3v) is 6.77. The third-order valence-electron chi connectivity index (χ3n) is 5.46. The maximum absolute atomic E-state index is 13.8. The molecule has 1 aliphatic heterocycles. The molecule has 1 fully saturated rings. The first kappa shape index (κ1) is 22.0. The summed E-state index contributed by atoms with van der Waals surface area (Å²) >= 11 is 7.39. The lowest BCUT2D eigenvalue weighted by Crippen LogP contribution is -2.32. The first-order valence-corrected chi connectivity index (χ1v) is 11.6. The van der Waals surface area contributed by atoms with Crippen molar-refractivity contribution in [2.45, 2.75) is 38.5 Å². The summed E-state index contributed by atoms with van der Waals surface area (Å²) in [5.41, 5.74) is 2.77. The molecule has 0 unspecified atom stereocenters. The zero-order chi connectivity index (χ0) is 20.8. The average Bonchev–Trinajstić information content (AvgIpc) is 2.71. The predicted molar refractivity (Wildman–Crippen MR) is 121 cm³/mol. The molecule has 0 spiro atoms. The van der Waals surface area contributed by atoms with Gasteiger partial charge in [-0.1, -0.05) is 36.7 Å². The van der Waals surface area contributed by atoms with E-state index in [9.17, 15) is 9.18 Å². The van der Waals surface area contributed by atoms with Crippen LogP contribution >= 0.6 is 23.4 Å². The number of piperidine rings is 1. The van der Waals surface area contributed by atoms with Gasteiger partial charge in [-0.25, -0.2) is 4.39 Å². The Kier molecular flexibility index (Phi) is 7.84. The number of benzene rings is 2. The van der Waals surface area contributed by atoms with Crippen molar-refractivity contribution in [3.05, 3.63) is 64.4 Å². The van der Waals surface area contributed by atoms with Gasteiger partial charge in [-0.05, 0) is 55.5 Å². The molecule has 1 aliphatic rings. The fourth-order valence-corrected chi connectivity index (χ4v) is 4.70. The SMILES string of the molecule is CC1CCN(c2ccc([C@@H](C)NC(=O)CSCc3c(F)cccc3Cl)cc2)CC1. The molecule has 1 amide bonds. The quantitative estimate of drug-likeness (QED) is 0.595. The van der Waals surface area contributed by atoms with E-state index in [0.717, 1.165) is 24.6 Å². The fourth-order valence-electron chi connectivity index (χ4n) is 3.52. The molecule has 0 aliphatic carbocycles. The van der Waals surface area contributed by atoms with Gasteiger partial charge in [0.2, 0.25) is 5.91 Å². The van der Waals surface area contributed by atoms with Crippen molar-refractivity contribution < 1.29 is 9.18 Å². The minimum Gasteiger partial charge on any atom is -0.372 e. The number of thioether (sulfide) groups is 1. The van der Waals surface area contributed by atoms with E-state index in [2.05, 4.69) is 41.4 Å². The molecule has 156 valence electrons. The Hall–Kier alpha value is -1.72. The lowest BCUT2D eigenvalue weighted by Gasteiger charge is -2.32. The summed E-state index contributed by atoms with van der Waals surface area (Å²) in [5, 5.41) is 3.41. The van der Waals surface area contributed by atoms with Gasteiger partial charge in [0.25, 0.3) is 0 Å². The summed E-state index contributed by atoms with van der Waals surface area (Å²) < 4.78 is 13.8. The van der Waals surface area contributed by atoms with Crippen LogP contribution in [-0.2, 0) is 10.5 Å². The smallest absolute Gasteiger partial charge is 0.230 e. The van der Waals surface area contributed by atoms with Crippen LogP contribution in [0.5, 0.6) is 0 Å². The first-order chi connectivity index (χ1) is 13.9. The van der Waals surface area contributed by atoms with Crippen LogP contribution in [0.25, 0.3) is 0 Å². The van der Waals surface area contributed by atoms with Crippen molar-refractivity contribution >= 4 is 35.0 Å². The summed E-state index contributed by atoms with van der Waals surface area (Å²) in [7, 11) is 0. The average molecular weight is 435 g/mol.